The number of hydrogen-bond donors (Lipinski definition) is 1. The summed E-state index contributed by atoms with van der Waals surface area (Å²) in [5.74, 6) is -1.50. The van der Waals surface area contributed by atoms with Crippen LogP contribution in [0.5, 0.6) is 0 Å². The summed E-state index contributed by atoms with van der Waals surface area (Å²) in [5, 5.41) is 10.7. The summed E-state index contributed by atoms with van der Waals surface area (Å²) in [7, 11) is 0. The first-order valence-electron chi connectivity index (χ1n) is 11.9. The monoisotopic (exact) mass is 544 g/mol. The number of pyridine rings is 1. The van der Waals surface area contributed by atoms with Gasteiger partial charge in [0.2, 0.25) is 0 Å². The maximum atomic E-state index is 13.9. The predicted octanol–water partition coefficient (Wildman–Crippen LogP) is 6.13. The van der Waals surface area contributed by atoms with Gasteiger partial charge in [-0.25, -0.2) is 4.79 Å². The molecule has 4 aromatic rings. The van der Waals surface area contributed by atoms with E-state index in [4.69, 9.17) is 23.2 Å². The van der Waals surface area contributed by atoms with E-state index in [1.54, 1.807) is 71.8 Å². The van der Waals surface area contributed by atoms with Crippen LogP contribution < -0.4 is 0 Å². The Kier molecular flexibility index (Phi) is 7.27. The molecular formula is C30H22Cl2N2O4. The van der Waals surface area contributed by atoms with Crippen molar-refractivity contribution in [3.63, 3.8) is 0 Å². The number of benzene rings is 3. The van der Waals surface area contributed by atoms with Gasteiger partial charge in [-0.05, 0) is 76.9 Å². The summed E-state index contributed by atoms with van der Waals surface area (Å²) in [4.78, 5) is 45.3. The number of carbonyl (C=O) groups is 3. The van der Waals surface area contributed by atoms with Crippen molar-refractivity contribution in [2.75, 3.05) is 0 Å². The molecule has 0 bridgehead atoms. The van der Waals surface area contributed by atoms with Crippen molar-refractivity contribution in [2.24, 2.45) is 0 Å². The van der Waals surface area contributed by atoms with Crippen LogP contribution in [0.2, 0.25) is 10.0 Å². The molecule has 1 aromatic heterocycles. The van der Waals surface area contributed by atoms with E-state index in [9.17, 15) is 19.5 Å². The highest BCUT2D eigenvalue weighted by Gasteiger charge is 2.36. The number of ketones is 1. The van der Waals surface area contributed by atoms with Crippen LogP contribution in [0, 0.1) is 0 Å². The third-order valence-electron chi connectivity index (χ3n) is 6.60. The lowest BCUT2D eigenvalue weighted by atomic mass is 9.96. The minimum Gasteiger partial charge on any atom is -0.478 e. The fraction of sp³-hybridized carbons (Fsp3) is 0.133. The van der Waals surface area contributed by atoms with Gasteiger partial charge in [-0.1, -0.05) is 47.5 Å². The molecule has 8 heteroatoms. The van der Waals surface area contributed by atoms with E-state index in [0.717, 1.165) is 0 Å². The molecule has 0 saturated carbocycles. The molecule has 1 aliphatic rings. The molecule has 0 unspecified atom stereocenters. The van der Waals surface area contributed by atoms with Crippen molar-refractivity contribution in [1.82, 2.24) is 9.88 Å². The highest BCUT2D eigenvalue weighted by Crippen LogP contribution is 2.30. The van der Waals surface area contributed by atoms with Gasteiger partial charge in [0.05, 0.1) is 11.6 Å². The molecule has 0 radical (unpaired) electrons. The lowest BCUT2D eigenvalue weighted by Gasteiger charge is -2.29. The fourth-order valence-corrected chi connectivity index (χ4v) is 5.17. The Balaban J connectivity index is 1.59. The molecular weight excluding hydrogens is 523 g/mol. The Bertz CT molecular complexity index is 1560. The third kappa shape index (κ3) is 5.32. The smallest absolute Gasteiger partial charge is 0.336 e. The average molecular weight is 545 g/mol. The van der Waals surface area contributed by atoms with Crippen LogP contribution >= 0.6 is 23.2 Å². The van der Waals surface area contributed by atoms with Gasteiger partial charge in [0.15, 0.2) is 5.78 Å². The minimum atomic E-state index is -1.08. The maximum absolute atomic E-state index is 13.9. The zero-order valence-corrected chi connectivity index (χ0v) is 21.6. The van der Waals surface area contributed by atoms with Crippen LogP contribution in [0.3, 0.4) is 0 Å². The zero-order valence-electron chi connectivity index (χ0n) is 20.1. The van der Waals surface area contributed by atoms with Gasteiger partial charge in [-0.3, -0.25) is 14.6 Å². The number of Topliss-reactive ketones (excluding diaryl/α,β-unsaturated/α-hetero) is 1. The molecule has 190 valence electrons. The average Bonchev–Trinajstić information content (AvgIpc) is 2.99. The summed E-state index contributed by atoms with van der Waals surface area (Å²) in [6, 6.07) is 21.5. The van der Waals surface area contributed by atoms with Gasteiger partial charge >= 0.3 is 5.97 Å². The van der Waals surface area contributed by atoms with Crippen molar-refractivity contribution in [3.05, 3.63) is 123 Å². The number of carboxylic acid groups (broad SMARTS) is 1. The van der Waals surface area contributed by atoms with Gasteiger partial charge < -0.3 is 10.0 Å². The SMILES string of the molecule is O=C(O)c1ccc(CN2C(=O)c3ccc(Cl)cc3CC(=O)[C@H]2Cc2ccccn2)cc1-c1cccc(Cl)c1. The van der Waals surface area contributed by atoms with E-state index in [2.05, 4.69) is 4.98 Å². The van der Waals surface area contributed by atoms with Gasteiger partial charge in [0.1, 0.15) is 0 Å². The molecule has 6 nitrogen and oxygen atoms in total. The number of halogens is 2. The lowest BCUT2D eigenvalue weighted by molar-refractivity contribution is -0.122. The quantitative estimate of drug-likeness (QED) is 0.315. The van der Waals surface area contributed by atoms with Crippen molar-refractivity contribution in [1.29, 1.82) is 0 Å². The number of carboxylic acids is 1. The second-order valence-corrected chi connectivity index (χ2v) is 9.99. The minimum absolute atomic E-state index is 0.0708. The van der Waals surface area contributed by atoms with Crippen molar-refractivity contribution >= 4 is 40.9 Å². The number of aromatic carboxylic acids is 1. The van der Waals surface area contributed by atoms with Crippen molar-refractivity contribution < 1.29 is 19.5 Å². The standard InChI is InChI=1S/C30H22Cl2N2O4/c31-21-5-3-4-19(13-21)26-12-18(7-9-25(26)30(37)38)17-34-27(16-23-6-1-2-11-33-23)28(35)15-20-14-22(32)8-10-24(20)29(34)36/h1-14,27H,15-17H2,(H,37,38)/t27-/m1/s1. The molecule has 0 saturated heterocycles. The Morgan fingerprint density at radius 1 is 0.921 bits per heavy atom. The summed E-state index contributed by atoms with van der Waals surface area (Å²) in [5.41, 5.74) is 3.59. The van der Waals surface area contributed by atoms with E-state index in [-0.39, 0.29) is 36.6 Å². The first-order chi connectivity index (χ1) is 18.3. The molecule has 1 N–H and O–H groups in total. The van der Waals surface area contributed by atoms with Crippen LogP contribution in [0.15, 0.2) is 85.1 Å². The second kappa shape index (κ2) is 10.8. The molecule has 1 amide bonds. The molecule has 5 rings (SSSR count). The summed E-state index contributed by atoms with van der Waals surface area (Å²) in [6.07, 6.45) is 1.97. The summed E-state index contributed by atoms with van der Waals surface area (Å²) in [6.45, 7) is 0.0948. The van der Waals surface area contributed by atoms with Gasteiger partial charge in [0, 0.05) is 46.9 Å². The Morgan fingerprint density at radius 3 is 2.47 bits per heavy atom. The number of aromatic nitrogens is 1. The van der Waals surface area contributed by atoms with Gasteiger partial charge in [-0.2, -0.15) is 0 Å². The van der Waals surface area contributed by atoms with Crippen LogP contribution in [-0.4, -0.2) is 38.7 Å². The van der Waals surface area contributed by atoms with Crippen molar-refractivity contribution in [2.45, 2.75) is 25.4 Å². The normalized spacial score (nSPS) is 15.2. The largest absolute Gasteiger partial charge is 0.478 e. The number of carbonyl (C=O) groups excluding carboxylic acids is 2. The van der Waals surface area contributed by atoms with E-state index < -0.39 is 12.0 Å². The number of hydrogen-bond acceptors (Lipinski definition) is 4. The highest BCUT2D eigenvalue weighted by molar-refractivity contribution is 6.31. The van der Waals surface area contributed by atoms with E-state index in [1.165, 1.54) is 6.07 Å². The van der Waals surface area contributed by atoms with E-state index in [0.29, 0.717) is 43.6 Å². The van der Waals surface area contributed by atoms with Gasteiger partial charge in [-0.15, -0.1) is 0 Å². The number of amides is 1. The Morgan fingerprint density at radius 2 is 1.74 bits per heavy atom. The maximum Gasteiger partial charge on any atom is 0.336 e. The molecule has 0 fully saturated rings. The van der Waals surface area contributed by atoms with Crippen LogP contribution in [0.1, 0.15) is 37.5 Å². The van der Waals surface area contributed by atoms with Crippen LogP contribution in [0.4, 0.5) is 0 Å². The molecule has 1 atom stereocenters. The fourth-order valence-electron chi connectivity index (χ4n) is 4.78. The summed E-state index contributed by atoms with van der Waals surface area (Å²) < 4.78 is 0. The first-order valence-corrected chi connectivity index (χ1v) is 12.7. The molecule has 2 heterocycles. The lowest BCUT2D eigenvalue weighted by Crippen LogP contribution is -2.45. The number of nitrogens with zero attached hydrogens (tertiary/aromatic N) is 2. The molecule has 3 aromatic carbocycles. The molecule has 1 aliphatic heterocycles. The Hall–Kier alpha value is -4.00. The first kappa shape index (κ1) is 25.6. The van der Waals surface area contributed by atoms with E-state index >= 15 is 0 Å². The van der Waals surface area contributed by atoms with Gasteiger partial charge in [0.25, 0.3) is 5.91 Å². The Labute approximate surface area is 229 Å². The molecule has 0 spiro atoms. The molecule has 0 aliphatic carbocycles. The predicted molar refractivity (Wildman–Crippen MR) is 146 cm³/mol. The number of fused-ring (bicyclic) bond motifs is 1. The third-order valence-corrected chi connectivity index (χ3v) is 7.07. The second-order valence-electron chi connectivity index (χ2n) is 9.11. The van der Waals surface area contributed by atoms with Crippen LogP contribution in [0.25, 0.3) is 11.1 Å². The topological polar surface area (TPSA) is 87.6 Å². The number of rotatable bonds is 6. The molecule has 38 heavy (non-hydrogen) atoms. The zero-order chi connectivity index (χ0) is 26.8. The summed E-state index contributed by atoms with van der Waals surface area (Å²) >= 11 is 12.4. The highest BCUT2D eigenvalue weighted by atomic mass is 35.5. The van der Waals surface area contributed by atoms with Crippen LogP contribution in [-0.2, 0) is 24.2 Å². The van der Waals surface area contributed by atoms with E-state index in [1.807, 2.05) is 12.1 Å². The van der Waals surface area contributed by atoms with Crippen molar-refractivity contribution in [3.8, 4) is 11.1 Å².